The van der Waals surface area contributed by atoms with E-state index in [4.69, 9.17) is 10.5 Å². The van der Waals surface area contributed by atoms with Gasteiger partial charge < -0.3 is 26.2 Å². The number of esters is 1. The molecule has 2 amide bonds. The summed E-state index contributed by atoms with van der Waals surface area (Å²) in [4.78, 5) is 50.2. The van der Waals surface area contributed by atoms with Crippen LogP contribution < -0.4 is 16.4 Å². The fraction of sp³-hybridized carbons (Fsp3) is 0.512. The van der Waals surface area contributed by atoms with Crippen LogP contribution >= 0.6 is 0 Å². The molecule has 1 aliphatic carbocycles. The number of rotatable bonds is 14. The maximum atomic E-state index is 14.3. The van der Waals surface area contributed by atoms with Crippen molar-refractivity contribution in [2.45, 2.75) is 96.3 Å². The average molecular weight is 713 g/mol. The summed E-state index contributed by atoms with van der Waals surface area (Å²) in [5.74, 6) is -1.64. The van der Waals surface area contributed by atoms with E-state index in [2.05, 4.69) is 25.4 Å². The Morgan fingerprint density at radius 3 is 2.40 bits per heavy atom. The summed E-state index contributed by atoms with van der Waals surface area (Å²) in [5, 5.41) is 17.3. The summed E-state index contributed by atoms with van der Waals surface area (Å²) in [6.45, 7) is 12.2. The number of benzene rings is 2. The van der Waals surface area contributed by atoms with Gasteiger partial charge >= 0.3 is 5.97 Å². The number of nitrogens with two attached hydrogens (primary N) is 1. The van der Waals surface area contributed by atoms with Crippen molar-refractivity contribution in [3.8, 4) is 0 Å². The Morgan fingerprint density at radius 2 is 1.71 bits per heavy atom. The first kappa shape index (κ1) is 39.1. The number of carbonyl (C=O) groups excluding carboxylic acids is 3. The summed E-state index contributed by atoms with van der Waals surface area (Å²) in [6, 6.07) is 19.5. The van der Waals surface area contributed by atoms with Crippen molar-refractivity contribution in [3.05, 3.63) is 101 Å². The van der Waals surface area contributed by atoms with Gasteiger partial charge in [-0.15, -0.1) is 0 Å². The van der Waals surface area contributed by atoms with Gasteiger partial charge in [-0.05, 0) is 67.9 Å². The van der Waals surface area contributed by atoms with Gasteiger partial charge in [-0.1, -0.05) is 74.5 Å². The Hall–Kier alpha value is -4.16. The second kappa shape index (κ2) is 17.6. The Balaban J connectivity index is 1.42. The van der Waals surface area contributed by atoms with Crippen LogP contribution in [0.4, 0.5) is 0 Å². The second-order valence-corrected chi connectivity index (χ2v) is 15.8. The maximum absolute atomic E-state index is 14.3. The summed E-state index contributed by atoms with van der Waals surface area (Å²) in [6.07, 6.45) is 3.15. The molecule has 52 heavy (non-hydrogen) atoms. The van der Waals surface area contributed by atoms with E-state index in [0.717, 1.165) is 22.3 Å². The fourth-order valence-electron chi connectivity index (χ4n) is 7.15. The topological polar surface area (TPSA) is 150 Å². The standard InChI is InChI=1S/C41H56N6O5/c1-27(2)36(42)40(51)52-32(25-47-19-18-46(24-29-14-11-17-43-23-29)26-34(47)39(50)45-41(3,4)5)21-31(20-28-12-7-6-8-13-28)38(49)44-37-33-16-10-9-15-30(33)22-35(37)48/h6-17,23,27,31-32,34-37,48H,18-22,24-26,42H2,1-5H3,(H,44,49)(H,45,50)/t31-,32-,34-,35+,36?,37-/m0/s1. The number of nitrogens with one attached hydrogen (secondary N) is 2. The molecular weight excluding hydrogens is 656 g/mol. The molecule has 5 N–H and O–H groups in total. The van der Waals surface area contributed by atoms with Gasteiger partial charge in [-0.3, -0.25) is 29.2 Å². The third kappa shape index (κ3) is 10.7. The molecule has 0 spiro atoms. The molecule has 1 aliphatic heterocycles. The predicted octanol–water partition coefficient (Wildman–Crippen LogP) is 3.40. The number of hydrogen-bond donors (Lipinski definition) is 4. The monoisotopic (exact) mass is 712 g/mol. The number of ether oxygens (including phenoxy) is 1. The summed E-state index contributed by atoms with van der Waals surface area (Å²) >= 11 is 0. The molecule has 2 aromatic carbocycles. The number of aromatic nitrogens is 1. The molecule has 2 heterocycles. The van der Waals surface area contributed by atoms with Crippen LogP contribution in [0.1, 0.15) is 69.3 Å². The summed E-state index contributed by atoms with van der Waals surface area (Å²) in [5.41, 5.74) is 9.78. The van der Waals surface area contributed by atoms with Crippen LogP contribution in [0.15, 0.2) is 79.1 Å². The van der Waals surface area contributed by atoms with Crippen LogP contribution in [0.5, 0.6) is 0 Å². The fourth-order valence-corrected chi connectivity index (χ4v) is 7.15. The van der Waals surface area contributed by atoms with Crippen LogP contribution in [0.25, 0.3) is 0 Å². The van der Waals surface area contributed by atoms with Gasteiger partial charge in [0.25, 0.3) is 0 Å². The number of pyridine rings is 1. The van der Waals surface area contributed by atoms with E-state index in [1.807, 2.05) is 108 Å². The molecule has 0 bridgehead atoms. The lowest BCUT2D eigenvalue weighted by Gasteiger charge is -2.43. The second-order valence-electron chi connectivity index (χ2n) is 15.8. The molecule has 280 valence electrons. The lowest BCUT2D eigenvalue weighted by molar-refractivity contribution is -0.155. The molecule has 2 aliphatic rings. The van der Waals surface area contributed by atoms with Crippen molar-refractivity contribution in [3.63, 3.8) is 0 Å². The molecule has 11 heteroatoms. The zero-order valence-electron chi connectivity index (χ0n) is 31.2. The van der Waals surface area contributed by atoms with E-state index in [1.165, 1.54) is 0 Å². The number of hydrogen-bond acceptors (Lipinski definition) is 9. The quantitative estimate of drug-likeness (QED) is 0.185. The molecular formula is C41H56N6O5. The first-order chi connectivity index (χ1) is 24.8. The van der Waals surface area contributed by atoms with E-state index < -0.39 is 47.8 Å². The van der Waals surface area contributed by atoms with Crippen molar-refractivity contribution in [2.24, 2.45) is 17.6 Å². The number of fused-ring (bicyclic) bond motifs is 1. The Labute approximate surface area is 308 Å². The number of aliphatic hydroxyl groups is 1. The molecule has 0 saturated carbocycles. The van der Waals surface area contributed by atoms with Gasteiger partial charge in [0.05, 0.1) is 12.1 Å². The number of piperazine rings is 1. The van der Waals surface area contributed by atoms with Gasteiger partial charge in [0.2, 0.25) is 11.8 Å². The lowest BCUT2D eigenvalue weighted by atomic mass is 9.91. The molecule has 1 aromatic heterocycles. The number of carbonyl (C=O) groups is 3. The third-order valence-corrected chi connectivity index (χ3v) is 9.96. The largest absolute Gasteiger partial charge is 0.460 e. The first-order valence-electron chi connectivity index (χ1n) is 18.5. The molecule has 1 unspecified atom stereocenters. The van der Waals surface area contributed by atoms with E-state index in [0.29, 0.717) is 39.0 Å². The molecule has 1 saturated heterocycles. The third-order valence-electron chi connectivity index (χ3n) is 9.96. The average Bonchev–Trinajstić information content (AvgIpc) is 3.42. The highest BCUT2D eigenvalue weighted by molar-refractivity contribution is 5.83. The zero-order valence-corrected chi connectivity index (χ0v) is 31.2. The summed E-state index contributed by atoms with van der Waals surface area (Å²) in [7, 11) is 0. The van der Waals surface area contributed by atoms with Crippen molar-refractivity contribution >= 4 is 17.8 Å². The Kier molecular flexibility index (Phi) is 13.2. The van der Waals surface area contributed by atoms with Gasteiger partial charge in [-0.25, -0.2) is 0 Å². The van der Waals surface area contributed by atoms with Gasteiger partial charge in [-0.2, -0.15) is 0 Å². The van der Waals surface area contributed by atoms with Crippen molar-refractivity contribution < 1.29 is 24.2 Å². The van der Waals surface area contributed by atoms with Crippen molar-refractivity contribution in [1.82, 2.24) is 25.4 Å². The van der Waals surface area contributed by atoms with E-state index in [9.17, 15) is 19.5 Å². The zero-order chi connectivity index (χ0) is 37.4. The number of amides is 2. The number of aliphatic hydroxyl groups excluding tert-OH is 1. The normalized spacial score (nSPS) is 21.2. The highest BCUT2D eigenvalue weighted by Gasteiger charge is 2.39. The minimum atomic E-state index is -0.842. The van der Waals surface area contributed by atoms with E-state index >= 15 is 0 Å². The number of nitrogens with zero attached hydrogens (tertiary/aromatic N) is 3. The van der Waals surface area contributed by atoms with Crippen molar-refractivity contribution in [2.75, 3.05) is 26.2 Å². The minimum Gasteiger partial charge on any atom is -0.460 e. The smallest absolute Gasteiger partial charge is 0.323 e. The molecule has 11 nitrogen and oxygen atoms in total. The minimum absolute atomic E-state index is 0.111. The van der Waals surface area contributed by atoms with E-state index in [1.54, 1.807) is 6.20 Å². The van der Waals surface area contributed by atoms with E-state index in [-0.39, 0.29) is 30.7 Å². The van der Waals surface area contributed by atoms with Crippen LogP contribution in [0, 0.1) is 11.8 Å². The van der Waals surface area contributed by atoms with Crippen LogP contribution in [0.2, 0.25) is 0 Å². The van der Waals surface area contributed by atoms with Crippen LogP contribution in [0.3, 0.4) is 0 Å². The van der Waals surface area contributed by atoms with Gasteiger partial charge in [0, 0.05) is 63.0 Å². The summed E-state index contributed by atoms with van der Waals surface area (Å²) < 4.78 is 6.20. The first-order valence-corrected chi connectivity index (χ1v) is 18.5. The maximum Gasteiger partial charge on any atom is 0.323 e. The Morgan fingerprint density at radius 1 is 1.00 bits per heavy atom. The Bertz CT molecular complexity index is 1630. The molecule has 3 aromatic rings. The van der Waals surface area contributed by atoms with Gasteiger partial charge in [0.15, 0.2) is 0 Å². The molecule has 1 fully saturated rings. The molecule has 6 atom stereocenters. The SMILES string of the molecule is CC(C)C(N)C(=O)O[C@@H](C[C@H](Cc1ccccc1)C(=O)N[C@H]1c2ccccc2C[C@H]1O)CN1CCN(Cc2cccnc2)C[C@H]1C(=O)NC(C)(C)C. The van der Waals surface area contributed by atoms with Gasteiger partial charge in [0.1, 0.15) is 18.2 Å². The lowest BCUT2D eigenvalue weighted by Crippen LogP contribution is -2.62. The van der Waals surface area contributed by atoms with Crippen molar-refractivity contribution in [1.29, 1.82) is 0 Å². The van der Waals surface area contributed by atoms with Crippen LogP contribution in [-0.2, 0) is 38.5 Å². The van der Waals surface area contributed by atoms with Crippen LogP contribution in [-0.4, -0.2) is 93.7 Å². The molecule has 5 rings (SSSR count). The molecule has 0 radical (unpaired) electrons. The predicted molar refractivity (Wildman–Crippen MR) is 201 cm³/mol. The highest BCUT2D eigenvalue weighted by Crippen LogP contribution is 2.32. The highest BCUT2D eigenvalue weighted by atomic mass is 16.5.